The summed E-state index contributed by atoms with van der Waals surface area (Å²) in [5, 5.41) is 7.45. The fraction of sp³-hybridized carbons (Fsp3) is 0.111. The van der Waals surface area contributed by atoms with E-state index in [2.05, 4.69) is 10.2 Å². The van der Waals surface area contributed by atoms with Crippen LogP contribution >= 0.6 is 0 Å². The predicted octanol–water partition coefficient (Wildman–Crippen LogP) is 1.28. The van der Waals surface area contributed by atoms with Gasteiger partial charge in [-0.25, -0.2) is 0 Å². The molecule has 1 heterocycles. The molecule has 0 fully saturated rings. The molecule has 1 aromatic heterocycles. The van der Waals surface area contributed by atoms with Crippen molar-refractivity contribution in [3.05, 3.63) is 36.9 Å². The van der Waals surface area contributed by atoms with Crippen molar-refractivity contribution in [2.24, 2.45) is 0 Å². The second kappa shape index (κ2) is 3.26. The normalized spacial score (nSPS) is 9.92. The van der Waals surface area contributed by atoms with Crippen LogP contribution < -0.4 is 4.74 Å². The maximum absolute atomic E-state index is 5.10. The number of ether oxygens (including phenoxy) is 1. The van der Waals surface area contributed by atoms with Crippen molar-refractivity contribution in [2.45, 2.75) is 0 Å². The van der Waals surface area contributed by atoms with Crippen LogP contribution in [-0.2, 0) is 0 Å². The van der Waals surface area contributed by atoms with Crippen LogP contribution in [0.25, 0.3) is 5.69 Å². The highest BCUT2D eigenvalue weighted by Gasteiger charge is 1.96. The second-order valence-corrected chi connectivity index (χ2v) is 2.57. The molecule has 2 aromatic rings. The summed E-state index contributed by atoms with van der Waals surface area (Å²) in [7, 11) is 1.64. The third kappa shape index (κ3) is 1.51. The van der Waals surface area contributed by atoms with E-state index in [1.165, 1.54) is 0 Å². The molecule has 0 radical (unpaired) electrons. The fourth-order valence-corrected chi connectivity index (χ4v) is 1.11. The molecule has 66 valence electrons. The molecule has 0 N–H and O–H groups in total. The fourth-order valence-electron chi connectivity index (χ4n) is 1.11. The molecule has 0 amide bonds. The number of aromatic nitrogens is 3. The molecule has 0 aliphatic heterocycles. The Bertz CT molecular complexity index is 384. The number of methoxy groups -OCH3 is 1. The van der Waals surface area contributed by atoms with E-state index < -0.39 is 0 Å². The summed E-state index contributed by atoms with van der Waals surface area (Å²) in [4.78, 5) is 0. The molecule has 0 unspecified atom stereocenters. The van der Waals surface area contributed by atoms with Crippen molar-refractivity contribution < 1.29 is 4.74 Å². The molecule has 4 heteroatoms. The number of rotatable bonds is 2. The number of hydrogen-bond donors (Lipinski definition) is 0. The van der Waals surface area contributed by atoms with Gasteiger partial charge >= 0.3 is 0 Å². The lowest BCUT2D eigenvalue weighted by Gasteiger charge is -2.03. The van der Waals surface area contributed by atoms with E-state index in [1.54, 1.807) is 19.8 Å². The summed E-state index contributed by atoms with van der Waals surface area (Å²) in [6, 6.07) is 7.71. The number of hydrogen-bond acceptors (Lipinski definition) is 3. The van der Waals surface area contributed by atoms with Crippen molar-refractivity contribution in [2.75, 3.05) is 7.11 Å². The molecule has 2 rings (SSSR count). The summed E-state index contributed by atoms with van der Waals surface area (Å²) >= 11 is 0. The summed E-state index contributed by atoms with van der Waals surface area (Å²) in [5.41, 5.74) is 0.990. The maximum atomic E-state index is 5.10. The zero-order valence-corrected chi connectivity index (χ0v) is 7.21. The Hall–Kier alpha value is -1.84. The first-order chi connectivity index (χ1) is 6.40. The first-order valence-electron chi connectivity index (χ1n) is 3.89. The Morgan fingerprint density at radius 1 is 1.23 bits per heavy atom. The smallest absolute Gasteiger partial charge is 0.123 e. The average molecular weight is 175 g/mol. The van der Waals surface area contributed by atoms with Gasteiger partial charge in [0.1, 0.15) is 18.4 Å². The first kappa shape index (κ1) is 7.79. The van der Waals surface area contributed by atoms with E-state index in [0.717, 1.165) is 11.4 Å². The van der Waals surface area contributed by atoms with Gasteiger partial charge in [0, 0.05) is 6.07 Å². The highest BCUT2D eigenvalue weighted by Crippen LogP contribution is 2.15. The monoisotopic (exact) mass is 175 g/mol. The van der Waals surface area contributed by atoms with Crippen molar-refractivity contribution >= 4 is 0 Å². The molecular weight excluding hydrogens is 166 g/mol. The largest absolute Gasteiger partial charge is 0.497 e. The third-order valence-corrected chi connectivity index (χ3v) is 1.77. The SMILES string of the molecule is COc1cccc(-n2cnnc2)c1. The molecule has 0 aliphatic carbocycles. The molecule has 0 atom stereocenters. The van der Waals surface area contributed by atoms with E-state index in [1.807, 2.05) is 28.8 Å². The highest BCUT2D eigenvalue weighted by molar-refractivity contribution is 5.38. The minimum Gasteiger partial charge on any atom is -0.497 e. The van der Waals surface area contributed by atoms with E-state index >= 15 is 0 Å². The van der Waals surface area contributed by atoms with Crippen LogP contribution in [0.15, 0.2) is 36.9 Å². The third-order valence-electron chi connectivity index (χ3n) is 1.77. The van der Waals surface area contributed by atoms with Crippen molar-refractivity contribution in [3.8, 4) is 11.4 Å². The molecule has 0 saturated carbocycles. The summed E-state index contributed by atoms with van der Waals surface area (Å²) in [5.74, 6) is 0.825. The van der Waals surface area contributed by atoms with Gasteiger partial charge in [-0.05, 0) is 12.1 Å². The Labute approximate surface area is 75.8 Å². The van der Waals surface area contributed by atoms with Gasteiger partial charge in [0.25, 0.3) is 0 Å². The molecule has 0 saturated heterocycles. The Morgan fingerprint density at radius 3 is 2.69 bits per heavy atom. The lowest BCUT2D eigenvalue weighted by molar-refractivity contribution is 0.414. The van der Waals surface area contributed by atoms with Crippen LogP contribution in [0.4, 0.5) is 0 Å². The lowest BCUT2D eigenvalue weighted by Crippen LogP contribution is -1.90. The number of benzene rings is 1. The van der Waals surface area contributed by atoms with Crippen LogP contribution in [0.5, 0.6) is 5.75 Å². The van der Waals surface area contributed by atoms with Crippen LogP contribution in [0, 0.1) is 0 Å². The van der Waals surface area contributed by atoms with Crippen LogP contribution in [0.2, 0.25) is 0 Å². The summed E-state index contributed by atoms with van der Waals surface area (Å²) in [6.07, 6.45) is 3.30. The van der Waals surface area contributed by atoms with Gasteiger partial charge < -0.3 is 4.74 Å². The maximum Gasteiger partial charge on any atom is 0.123 e. The van der Waals surface area contributed by atoms with Crippen LogP contribution in [0.1, 0.15) is 0 Å². The van der Waals surface area contributed by atoms with Crippen LogP contribution in [-0.4, -0.2) is 21.9 Å². The molecule has 0 bridgehead atoms. The topological polar surface area (TPSA) is 39.9 Å². The summed E-state index contributed by atoms with van der Waals surface area (Å²) < 4.78 is 6.92. The van der Waals surface area contributed by atoms with Gasteiger partial charge in [0.15, 0.2) is 0 Å². The standard InChI is InChI=1S/C9H9N3O/c1-13-9-4-2-3-8(5-9)12-6-10-11-7-12/h2-7H,1H3. The number of nitrogens with zero attached hydrogens (tertiary/aromatic N) is 3. The zero-order chi connectivity index (χ0) is 9.10. The Kier molecular flexibility index (Phi) is 1.96. The molecule has 0 spiro atoms. The Morgan fingerprint density at radius 2 is 2.00 bits per heavy atom. The van der Waals surface area contributed by atoms with Crippen molar-refractivity contribution in [1.29, 1.82) is 0 Å². The van der Waals surface area contributed by atoms with Gasteiger partial charge in [0.05, 0.1) is 12.8 Å². The molecule has 1 aromatic carbocycles. The molecule has 13 heavy (non-hydrogen) atoms. The van der Waals surface area contributed by atoms with Crippen molar-refractivity contribution in [1.82, 2.24) is 14.8 Å². The highest BCUT2D eigenvalue weighted by atomic mass is 16.5. The van der Waals surface area contributed by atoms with E-state index in [4.69, 9.17) is 4.74 Å². The quantitative estimate of drug-likeness (QED) is 0.690. The van der Waals surface area contributed by atoms with Crippen LogP contribution in [0.3, 0.4) is 0 Å². The molecule has 4 nitrogen and oxygen atoms in total. The minimum atomic E-state index is 0.825. The first-order valence-corrected chi connectivity index (χ1v) is 3.89. The van der Waals surface area contributed by atoms with Crippen molar-refractivity contribution in [3.63, 3.8) is 0 Å². The second-order valence-electron chi connectivity index (χ2n) is 2.57. The predicted molar refractivity (Wildman–Crippen MR) is 47.9 cm³/mol. The molecular formula is C9H9N3O. The average Bonchev–Trinajstić information content (AvgIpc) is 2.71. The zero-order valence-electron chi connectivity index (χ0n) is 7.21. The van der Waals surface area contributed by atoms with E-state index in [-0.39, 0.29) is 0 Å². The van der Waals surface area contributed by atoms with E-state index in [0.29, 0.717) is 0 Å². The molecule has 0 aliphatic rings. The van der Waals surface area contributed by atoms with E-state index in [9.17, 15) is 0 Å². The van der Waals surface area contributed by atoms with Gasteiger partial charge in [-0.1, -0.05) is 6.07 Å². The van der Waals surface area contributed by atoms with Gasteiger partial charge in [-0.3, -0.25) is 4.57 Å². The lowest BCUT2D eigenvalue weighted by atomic mass is 10.3. The van der Waals surface area contributed by atoms with Gasteiger partial charge in [-0.15, -0.1) is 10.2 Å². The Balaban J connectivity index is 2.41. The minimum absolute atomic E-state index is 0.825. The van der Waals surface area contributed by atoms with Gasteiger partial charge in [-0.2, -0.15) is 0 Å². The van der Waals surface area contributed by atoms with Gasteiger partial charge in [0.2, 0.25) is 0 Å². The summed E-state index contributed by atoms with van der Waals surface area (Å²) in [6.45, 7) is 0.